The number of hydrogen-bond donors (Lipinski definition) is 1. The molecule has 2 aliphatic rings. The molecule has 0 saturated carbocycles. The number of likely N-dealkylation sites (tertiary alicyclic amines) is 1. The van der Waals surface area contributed by atoms with Crippen LogP contribution >= 0.6 is 12.4 Å². The highest BCUT2D eigenvalue weighted by Crippen LogP contribution is 2.26. The van der Waals surface area contributed by atoms with Gasteiger partial charge >= 0.3 is 0 Å². The van der Waals surface area contributed by atoms with Gasteiger partial charge in [0.1, 0.15) is 12.2 Å². The number of carbonyl (C=O) groups excluding carboxylic acids is 1. The van der Waals surface area contributed by atoms with E-state index >= 15 is 0 Å². The predicted octanol–water partition coefficient (Wildman–Crippen LogP) is 0.875. The summed E-state index contributed by atoms with van der Waals surface area (Å²) in [6, 6.07) is 2.12. The minimum absolute atomic E-state index is 0. The molecule has 4 rings (SSSR count). The van der Waals surface area contributed by atoms with Crippen molar-refractivity contribution in [2.75, 3.05) is 19.6 Å². The van der Waals surface area contributed by atoms with Gasteiger partial charge in [0.05, 0.1) is 17.9 Å². The Balaban J connectivity index is 0.00000196. The first-order valence-electron chi connectivity index (χ1n) is 9.08. The molecule has 4 heterocycles. The molecule has 1 saturated heterocycles. The van der Waals surface area contributed by atoms with Gasteiger partial charge in [-0.15, -0.1) is 22.6 Å². The Kier molecular flexibility index (Phi) is 5.93. The highest BCUT2D eigenvalue weighted by Gasteiger charge is 2.26. The third kappa shape index (κ3) is 3.91. The van der Waals surface area contributed by atoms with E-state index in [9.17, 15) is 4.79 Å². The monoisotopic (exact) mass is 379 g/mol. The second kappa shape index (κ2) is 8.18. The summed E-state index contributed by atoms with van der Waals surface area (Å²) < 4.78 is 4.04. The number of rotatable bonds is 4. The maximum absolute atomic E-state index is 12.5. The fourth-order valence-electron chi connectivity index (χ4n) is 3.82. The molecule has 0 bridgehead atoms. The molecule has 0 atom stereocenters. The van der Waals surface area contributed by atoms with Crippen LogP contribution < -0.4 is 5.32 Å². The standard InChI is InChI=1S/C17H25N7O.ClH/c1-22-12-19-20-17(22)13-4-7-23(8-5-13)16(25)3-2-14-10-15-11-18-6-9-24(15)21-14;/h10,12-13,18H,2-9,11H2,1H3;1H. The Bertz CT molecular complexity index is 725. The van der Waals surface area contributed by atoms with E-state index in [1.807, 2.05) is 16.5 Å². The normalized spacial score (nSPS) is 17.7. The van der Waals surface area contributed by atoms with Crippen LogP contribution in [0.5, 0.6) is 0 Å². The van der Waals surface area contributed by atoms with E-state index in [0.717, 1.165) is 63.5 Å². The van der Waals surface area contributed by atoms with Crippen LogP contribution in [-0.4, -0.2) is 55.0 Å². The van der Waals surface area contributed by atoms with E-state index in [1.54, 1.807) is 6.33 Å². The first kappa shape index (κ1) is 18.8. The quantitative estimate of drug-likeness (QED) is 0.852. The summed E-state index contributed by atoms with van der Waals surface area (Å²) in [5, 5.41) is 16.1. The lowest BCUT2D eigenvalue weighted by Crippen LogP contribution is -2.38. The van der Waals surface area contributed by atoms with Gasteiger partial charge in [-0.05, 0) is 18.9 Å². The summed E-state index contributed by atoms with van der Waals surface area (Å²) in [5.74, 6) is 1.67. The molecular formula is C17H26ClN7O. The number of carbonyl (C=O) groups is 1. The molecule has 0 aromatic carbocycles. The molecule has 0 spiro atoms. The summed E-state index contributed by atoms with van der Waals surface area (Å²) >= 11 is 0. The fourth-order valence-corrected chi connectivity index (χ4v) is 3.82. The van der Waals surface area contributed by atoms with E-state index in [4.69, 9.17) is 0 Å². The van der Waals surface area contributed by atoms with E-state index in [0.29, 0.717) is 12.3 Å². The summed E-state index contributed by atoms with van der Waals surface area (Å²) in [7, 11) is 1.98. The first-order valence-corrected chi connectivity index (χ1v) is 9.08. The van der Waals surface area contributed by atoms with Crippen molar-refractivity contribution >= 4 is 18.3 Å². The van der Waals surface area contributed by atoms with Gasteiger partial charge in [-0.25, -0.2) is 0 Å². The molecule has 1 N–H and O–H groups in total. The largest absolute Gasteiger partial charge is 0.343 e. The number of hydrogen-bond acceptors (Lipinski definition) is 5. The second-order valence-electron chi connectivity index (χ2n) is 6.98. The number of fused-ring (bicyclic) bond motifs is 1. The molecule has 0 radical (unpaired) electrons. The maximum Gasteiger partial charge on any atom is 0.222 e. The topological polar surface area (TPSA) is 80.9 Å². The van der Waals surface area contributed by atoms with Gasteiger partial charge in [0, 0.05) is 52.0 Å². The van der Waals surface area contributed by atoms with Gasteiger partial charge in [0.2, 0.25) is 5.91 Å². The molecule has 1 fully saturated rings. The molecule has 2 aliphatic heterocycles. The minimum Gasteiger partial charge on any atom is -0.343 e. The smallest absolute Gasteiger partial charge is 0.222 e. The minimum atomic E-state index is 0. The van der Waals surface area contributed by atoms with E-state index in [1.165, 1.54) is 5.69 Å². The maximum atomic E-state index is 12.5. The third-order valence-electron chi connectivity index (χ3n) is 5.27. The highest BCUT2D eigenvalue weighted by atomic mass is 35.5. The molecule has 9 heteroatoms. The predicted molar refractivity (Wildman–Crippen MR) is 99.1 cm³/mol. The zero-order valence-corrected chi connectivity index (χ0v) is 15.9. The molecule has 8 nitrogen and oxygen atoms in total. The molecule has 2 aromatic rings. The van der Waals surface area contributed by atoms with Crippen LogP contribution in [0, 0.1) is 0 Å². The molecule has 0 unspecified atom stereocenters. The molecule has 142 valence electrons. The first-order chi connectivity index (χ1) is 12.2. The van der Waals surface area contributed by atoms with Crippen LogP contribution in [0.3, 0.4) is 0 Å². The summed E-state index contributed by atoms with van der Waals surface area (Å²) in [6.07, 6.45) is 4.93. The number of amides is 1. The lowest BCUT2D eigenvalue weighted by atomic mass is 9.95. The molecule has 2 aromatic heterocycles. The van der Waals surface area contributed by atoms with Crippen molar-refractivity contribution in [1.82, 2.24) is 34.8 Å². The van der Waals surface area contributed by atoms with Crippen molar-refractivity contribution in [3.05, 3.63) is 29.6 Å². The van der Waals surface area contributed by atoms with Gasteiger partial charge in [0.25, 0.3) is 0 Å². The summed E-state index contributed by atoms with van der Waals surface area (Å²) in [6.45, 7) is 4.36. The lowest BCUT2D eigenvalue weighted by Gasteiger charge is -2.31. The average Bonchev–Trinajstić information content (AvgIpc) is 3.25. The van der Waals surface area contributed by atoms with E-state index < -0.39 is 0 Å². The van der Waals surface area contributed by atoms with Crippen LogP contribution in [0.4, 0.5) is 0 Å². The molecular weight excluding hydrogens is 354 g/mol. The van der Waals surface area contributed by atoms with E-state index in [-0.39, 0.29) is 18.3 Å². The van der Waals surface area contributed by atoms with Crippen molar-refractivity contribution in [1.29, 1.82) is 0 Å². The van der Waals surface area contributed by atoms with Crippen molar-refractivity contribution in [2.45, 2.75) is 44.7 Å². The SMILES string of the molecule is Cl.Cn1cnnc1C1CCN(C(=O)CCc2cc3n(n2)CCNC3)CC1. The average molecular weight is 380 g/mol. The van der Waals surface area contributed by atoms with Crippen molar-refractivity contribution in [3.8, 4) is 0 Å². The van der Waals surface area contributed by atoms with Crippen molar-refractivity contribution in [2.24, 2.45) is 7.05 Å². The van der Waals surface area contributed by atoms with Crippen LogP contribution in [-0.2, 0) is 31.4 Å². The Morgan fingerprint density at radius 3 is 2.81 bits per heavy atom. The number of nitrogens with one attached hydrogen (secondary N) is 1. The zero-order chi connectivity index (χ0) is 17.2. The van der Waals surface area contributed by atoms with Crippen LogP contribution in [0.25, 0.3) is 0 Å². The third-order valence-corrected chi connectivity index (χ3v) is 5.27. The van der Waals surface area contributed by atoms with Crippen LogP contribution in [0.2, 0.25) is 0 Å². The zero-order valence-electron chi connectivity index (χ0n) is 15.1. The second-order valence-corrected chi connectivity index (χ2v) is 6.98. The molecule has 26 heavy (non-hydrogen) atoms. The Morgan fingerprint density at radius 2 is 2.12 bits per heavy atom. The number of aromatic nitrogens is 5. The highest BCUT2D eigenvalue weighted by molar-refractivity contribution is 5.85. The Hall–Kier alpha value is -1.93. The summed E-state index contributed by atoms with van der Waals surface area (Å²) in [5.41, 5.74) is 2.25. The van der Waals surface area contributed by atoms with Crippen LogP contribution in [0.1, 0.15) is 42.4 Å². The fraction of sp³-hybridized carbons (Fsp3) is 0.647. The van der Waals surface area contributed by atoms with Gasteiger partial charge in [-0.2, -0.15) is 5.10 Å². The lowest BCUT2D eigenvalue weighted by molar-refractivity contribution is -0.132. The van der Waals surface area contributed by atoms with Crippen LogP contribution in [0.15, 0.2) is 12.4 Å². The van der Waals surface area contributed by atoms with Gasteiger partial charge < -0.3 is 14.8 Å². The molecule has 1 amide bonds. The molecule has 0 aliphatic carbocycles. The van der Waals surface area contributed by atoms with Crippen molar-refractivity contribution < 1.29 is 4.79 Å². The van der Waals surface area contributed by atoms with E-state index in [2.05, 4.69) is 31.4 Å². The Labute approximate surface area is 159 Å². The van der Waals surface area contributed by atoms with Gasteiger partial charge in [-0.1, -0.05) is 0 Å². The Morgan fingerprint density at radius 1 is 1.31 bits per heavy atom. The van der Waals surface area contributed by atoms with Gasteiger partial charge in [-0.3, -0.25) is 9.48 Å². The van der Waals surface area contributed by atoms with Crippen molar-refractivity contribution in [3.63, 3.8) is 0 Å². The summed E-state index contributed by atoms with van der Waals surface area (Å²) in [4.78, 5) is 14.5. The number of piperidine rings is 1. The number of nitrogens with zero attached hydrogens (tertiary/aromatic N) is 6. The number of halogens is 1. The number of aryl methyl sites for hydroxylation is 2. The van der Waals surface area contributed by atoms with Gasteiger partial charge in [0.15, 0.2) is 0 Å².